The number of imide groups is 1. The van der Waals surface area contributed by atoms with E-state index >= 15 is 0 Å². The van der Waals surface area contributed by atoms with E-state index in [1.807, 2.05) is 0 Å². The Morgan fingerprint density at radius 2 is 0.672 bits per heavy atom. The van der Waals surface area contributed by atoms with Gasteiger partial charge in [-0.1, -0.05) is 200 Å². The van der Waals surface area contributed by atoms with Crippen molar-refractivity contribution in [2.45, 2.75) is 258 Å². The Bertz CT molecular complexity index is 983. The summed E-state index contributed by atoms with van der Waals surface area (Å²) in [6.07, 6.45) is 46.7. The van der Waals surface area contributed by atoms with Gasteiger partial charge < -0.3 is 10.6 Å². The Morgan fingerprint density at radius 3 is 1.03 bits per heavy atom. The van der Waals surface area contributed by atoms with E-state index in [0.717, 1.165) is 57.8 Å². The number of hydrogen-bond acceptors (Lipinski definition) is 4. The summed E-state index contributed by atoms with van der Waals surface area (Å²) < 4.78 is 0. The minimum absolute atomic E-state index is 0.0551. The van der Waals surface area contributed by atoms with Crippen molar-refractivity contribution >= 4 is 23.6 Å². The highest BCUT2D eigenvalue weighted by Crippen LogP contribution is 2.34. The second kappa shape index (κ2) is 40.2. The maximum atomic E-state index is 13.4. The third-order valence-electron chi connectivity index (χ3n) is 12.4. The van der Waals surface area contributed by atoms with Gasteiger partial charge in [0, 0.05) is 37.3 Å². The molecule has 338 valence electrons. The standard InChI is InChI=1S/C51H95N3O4/c1-4-7-10-13-16-19-22-23-24-25-26-27-30-33-36-39-48(55)54-51(58)47-43-45(49(56)52-40-37-34-31-28-20-17-14-11-8-5-2)42-46(44-47)50(57)53-41-38-35-32-29-21-18-15-12-9-6-3/h23-24,45-47H,4-22,25-44H2,1-3H3,(H,52,56)(H,53,57)(H,54,55,58). The average molecular weight is 814 g/mol. The summed E-state index contributed by atoms with van der Waals surface area (Å²) in [5.74, 6) is -1.99. The molecule has 0 bridgehead atoms. The van der Waals surface area contributed by atoms with E-state index in [1.165, 1.54) is 154 Å². The Hall–Kier alpha value is -2.18. The van der Waals surface area contributed by atoms with Gasteiger partial charge in [-0.15, -0.1) is 0 Å². The maximum Gasteiger partial charge on any atom is 0.229 e. The minimum atomic E-state index is -0.520. The highest BCUT2D eigenvalue weighted by Gasteiger charge is 2.39. The maximum absolute atomic E-state index is 13.4. The SMILES string of the molecule is CCCCCCCCC=CCCCCCCCC(=O)NC(=O)C1CC(C(=O)NCCCCCCCCCCCC)CC(C(=O)NCCCCCCCCCCCC)C1. The molecule has 2 unspecified atom stereocenters. The summed E-state index contributed by atoms with van der Waals surface area (Å²) in [5, 5.41) is 8.90. The lowest BCUT2D eigenvalue weighted by atomic mass is 9.74. The molecule has 7 heteroatoms. The fourth-order valence-electron chi connectivity index (χ4n) is 8.56. The lowest BCUT2D eigenvalue weighted by molar-refractivity contribution is -0.137. The van der Waals surface area contributed by atoms with Gasteiger partial charge in [0.15, 0.2) is 0 Å². The first-order valence-electron chi connectivity index (χ1n) is 25.5. The number of rotatable bonds is 40. The summed E-state index contributed by atoms with van der Waals surface area (Å²) in [7, 11) is 0. The molecule has 58 heavy (non-hydrogen) atoms. The van der Waals surface area contributed by atoms with E-state index in [1.54, 1.807) is 0 Å². The topological polar surface area (TPSA) is 104 Å². The Balaban J connectivity index is 2.46. The largest absolute Gasteiger partial charge is 0.356 e. The number of nitrogens with one attached hydrogen (secondary N) is 3. The fraction of sp³-hybridized carbons (Fsp3) is 0.882. The zero-order valence-electron chi connectivity index (χ0n) is 38.6. The molecule has 0 saturated heterocycles. The summed E-state index contributed by atoms with van der Waals surface area (Å²) in [4.78, 5) is 53.0. The van der Waals surface area contributed by atoms with Crippen LogP contribution in [-0.4, -0.2) is 36.7 Å². The minimum Gasteiger partial charge on any atom is -0.356 e. The lowest BCUT2D eigenvalue weighted by Gasteiger charge is -2.32. The van der Waals surface area contributed by atoms with Crippen LogP contribution in [0.2, 0.25) is 0 Å². The van der Waals surface area contributed by atoms with Crippen LogP contribution >= 0.6 is 0 Å². The Labute approximate surface area is 359 Å². The molecule has 3 N–H and O–H groups in total. The van der Waals surface area contributed by atoms with Crippen LogP contribution in [0.1, 0.15) is 258 Å². The van der Waals surface area contributed by atoms with Crippen molar-refractivity contribution < 1.29 is 19.2 Å². The van der Waals surface area contributed by atoms with Crippen molar-refractivity contribution in [3.05, 3.63) is 12.2 Å². The van der Waals surface area contributed by atoms with Gasteiger partial charge in [0.25, 0.3) is 0 Å². The van der Waals surface area contributed by atoms with Gasteiger partial charge in [0.05, 0.1) is 0 Å². The van der Waals surface area contributed by atoms with Crippen molar-refractivity contribution in [3.63, 3.8) is 0 Å². The fourth-order valence-corrected chi connectivity index (χ4v) is 8.56. The van der Waals surface area contributed by atoms with Crippen LogP contribution in [0.3, 0.4) is 0 Å². The van der Waals surface area contributed by atoms with Crippen LogP contribution in [0, 0.1) is 17.8 Å². The van der Waals surface area contributed by atoms with Crippen molar-refractivity contribution in [1.29, 1.82) is 0 Å². The first-order chi connectivity index (χ1) is 28.4. The molecule has 4 amide bonds. The van der Waals surface area contributed by atoms with Crippen LogP contribution in [0.15, 0.2) is 12.2 Å². The van der Waals surface area contributed by atoms with Crippen LogP contribution in [0.4, 0.5) is 0 Å². The highest BCUT2D eigenvalue weighted by atomic mass is 16.2. The number of carbonyl (C=O) groups excluding carboxylic acids is 4. The number of amides is 4. The molecule has 1 aliphatic rings. The highest BCUT2D eigenvalue weighted by molar-refractivity contribution is 5.97. The van der Waals surface area contributed by atoms with Crippen molar-refractivity contribution in [2.24, 2.45) is 17.8 Å². The molecular weight excluding hydrogens is 719 g/mol. The zero-order chi connectivity index (χ0) is 42.2. The molecule has 7 nitrogen and oxygen atoms in total. The van der Waals surface area contributed by atoms with Crippen molar-refractivity contribution in [3.8, 4) is 0 Å². The zero-order valence-corrected chi connectivity index (χ0v) is 38.6. The number of hydrogen-bond donors (Lipinski definition) is 3. The third kappa shape index (κ3) is 31.7. The molecule has 1 aliphatic carbocycles. The average Bonchev–Trinajstić information content (AvgIpc) is 3.22. The molecule has 0 aromatic carbocycles. The predicted molar refractivity (Wildman–Crippen MR) is 247 cm³/mol. The summed E-state index contributed by atoms with van der Waals surface area (Å²) in [5.41, 5.74) is 0. The van der Waals surface area contributed by atoms with E-state index < -0.39 is 17.8 Å². The van der Waals surface area contributed by atoms with Gasteiger partial charge in [0.1, 0.15) is 0 Å². The molecule has 0 aromatic heterocycles. The Kier molecular flexibility index (Phi) is 37.4. The number of allylic oxidation sites excluding steroid dienone is 2. The van der Waals surface area contributed by atoms with Gasteiger partial charge in [-0.2, -0.15) is 0 Å². The molecule has 2 atom stereocenters. The van der Waals surface area contributed by atoms with Gasteiger partial charge in [-0.3, -0.25) is 24.5 Å². The molecule has 1 saturated carbocycles. The van der Waals surface area contributed by atoms with Gasteiger partial charge in [-0.25, -0.2) is 0 Å². The Morgan fingerprint density at radius 1 is 0.379 bits per heavy atom. The van der Waals surface area contributed by atoms with E-state index in [2.05, 4.69) is 48.9 Å². The summed E-state index contributed by atoms with van der Waals surface area (Å²) >= 11 is 0. The van der Waals surface area contributed by atoms with Crippen LogP contribution in [-0.2, 0) is 19.2 Å². The monoisotopic (exact) mass is 814 g/mol. The van der Waals surface area contributed by atoms with Crippen LogP contribution in [0.25, 0.3) is 0 Å². The van der Waals surface area contributed by atoms with Crippen molar-refractivity contribution in [2.75, 3.05) is 13.1 Å². The molecule has 0 heterocycles. The van der Waals surface area contributed by atoms with Gasteiger partial charge in [0.2, 0.25) is 23.6 Å². The second-order valence-electron chi connectivity index (χ2n) is 18.0. The number of carbonyl (C=O) groups is 4. The molecule has 0 radical (unpaired) electrons. The molecule has 0 aromatic rings. The smallest absolute Gasteiger partial charge is 0.229 e. The first-order valence-corrected chi connectivity index (χ1v) is 25.5. The molecule has 1 rings (SSSR count). The quantitative estimate of drug-likeness (QED) is 0.0423. The molecule has 0 spiro atoms. The predicted octanol–water partition coefficient (Wildman–Crippen LogP) is 13.8. The van der Waals surface area contributed by atoms with Crippen LogP contribution in [0.5, 0.6) is 0 Å². The lowest BCUT2D eigenvalue weighted by Crippen LogP contribution is -2.46. The van der Waals surface area contributed by atoms with E-state index in [0.29, 0.717) is 38.8 Å². The van der Waals surface area contributed by atoms with Gasteiger partial charge in [-0.05, 0) is 64.2 Å². The molecule has 0 aliphatic heterocycles. The van der Waals surface area contributed by atoms with Crippen LogP contribution < -0.4 is 16.0 Å². The van der Waals surface area contributed by atoms with E-state index in [4.69, 9.17) is 0 Å². The van der Waals surface area contributed by atoms with E-state index in [-0.39, 0.29) is 23.6 Å². The third-order valence-corrected chi connectivity index (χ3v) is 12.4. The first kappa shape index (κ1) is 53.8. The molecule has 1 fully saturated rings. The second-order valence-corrected chi connectivity index (χ2v) is 18.0. The number of unbranched alkanes of at least 4 members (excludes halogenated alkanes) is 29. The molecular formula is C51H95N3O4. The van der Waals surface area contributed by atoms with Crippen molar-refractivity contribution in [1.82, 2.24) is 16.0 Å². The van der Waals surface area contributed by atoms with E-state index in [9.17, 15) is 19.2 Å². The summed E-state index contributed by atoms with van der Waals surface area (Å²) in [6, 6.07) is 0. The van der Waals surface area contributed by atoms with Gasteiger partial charge >= 0.3 is 0 Å². The summed E-state index contributed by atoms with van der Waals surface area (Å²) in [6.45, 7) is 8.03. The normalized spacial score (nSPS) is 16.8.